The van der Waals surface area contributed by atoms with Crippen LogP contribution >= 0.6 is 34.2 Å². The van der Waals surface area contributed by atoms with Crippen molar-refractivity contribution in [3.05, 3.63) is 73.3 Å². The van der Waals surface area contributed by atoms with Crippen LogP contribution in [-0.4, -0.2) is 25.7 Å². The Bertz CT molecular complexity index is 1490. The van der Waals surface area contributed by atoms with Crippen molar-refractivity contribution in [2.24, 2.45) is 0 Å². The molecule has 4 aromatic rings. The SMILES string of the molecule is CC1(C)C(=O)Nc2nc(-n3nc(Cc4c(F)ccc(F)c4F)c4cc(Cl)ccc43)nc(I)c21. The van der Waals surface area contributed by atoms with Crippen molar-refractivity contribution in [3.63, 3.8) is 0 Å². The molecule has 0 bridgehead atoms. The minimum atomic E-state index is -1.27. The average molecular weight is 584 g/mol. The molecule has 168 valence electrons. The van der Waals surface area contributed by atoms with Crippen LogP contribution in [-0.2, 0) is 16.6 Å². The van der Waals surface area contributed by atoms with Crippen LogP contribution in [0, 0.1) is 21.2 Å². The number of nitrogens with one attached hydrogen (secondary N) is 1. The van der Waals surface area contributed by atoms with E-state index in [1.165, 1.54) is 4.68 Å². The van der Waals surface area contributed by atoms with Crippen LogP contribution in [0.5, 0.6) is 0 Å². The van der Waals surface area contributed by atoms with Crippen molar-refractivity contribution >= 4 is 56.8 Å². The topological polar surface area (TPSA) is 72.7 Å². The highest BCUT2D eigenvalue weighted by Crippen LogP contribution is 2.39. The van der Waals surface area contributed by atoms with Crippen LogP contribution in [0.25, 0.3) is 16.9 Å². The summed E-state index contributed by atoms with van der Waals surface area (Å²) in [5.41, 5.74) is 0.243. The average Bonchev–Trinajstić information content (AvgIpc) is 3.22. The Kier molecular flexibility index (Phi) is 5.12. The van der Waals surface area contributed by atoms with E-state index in [1.54, 1.807) is 32.0 Å². The molecule has 1 amide bonds. The van der Waals surface area contributed by atoms with Crippen LogP contribution in [0.4, 0.5) is 19.0 Å². The summed E-state index contributed by atoms with van der Waals surface area (Å²) in [6.45, 7) is 3.57. The molecule has 0 radical (unpaired) electrons. The molecule has 3 heterocycles. The Balaban J connectivity index is 1.70. The number of rotatable bonds is 3. The molecule has 0 saturated carbocycles. The van der Waals surface area contributed by atoms with Gasteiger partial charge >= 0.3 is 0 Å². The Morgan fingerprint density at radius 3 is 2.61 bits per heavy atom. The molecule has 1 N–H and O–H groups in total. The minimum Gasteiger partial charge on any atom is -0.309 e. The van der Waals surface area contributed by atoms with Gasteiger partial charge in [0.1, 0.15) is 15.3 Å². The molecule has 33 heavy (non-hydrogen) atoms. The number of aromatic nitrogens is 4. The van der Waals surface area contributed by atoms with E-state index in [4.69, 9.17) is 11.6 Å². The van der Waals surface area contributed by atoms with Crippen molar-refractivity contribution in [2.45, 2.75) is 25.7 Å². The standard InChI is InChI=1S/C22H14ClF3IN5O/c1-22(2)16-18(27)28-21(30-19(16)29-20(22)33)32-15-6-3-9(23)7-11(15)14(31-32)8-10-12(24)4-5-13(25)17(10)26/h3-7H,8H2,1-2H3,(H,28,29,30,33). The summed E-state index contributed by atoms with van der Waals surface area (Å²) in [4.78, 5) is 21.4. The minimum absolute atomic E-state index is 0.162. The summed E-state index contributed by atoms with van der Waals surface area (Å²) in [6.07, 6.45) is -0.314. The number of benzene rings is 2. The summed E-state index contributed by atoms with van der Waals surface area (Å²) in [5, 5.41) is 8.16. The fourth-order valence-electron chi connectivity index (χ4n) is 3.87. The van der Waals surface area contributed by atoms with Gasteiger partial charge in [-0.15, -0.1) is 0 Å². The maximum Gasteiger partial charge on any atom is 0.254 e. The summed E-state index contributed by atoms with van der Waals surface area (Å²) >= 11 is 8.19. The summed E-state index contributed by atoms with van der Waals surface area (Å²) in [6, 6.07) is 6.53. The van der Waals surface area contributed by atoms with E-state index in [0.29, 0.717) is 31.0 Å². The lowest BCUT2D eigenvalue weighted by molar-refractivity contribution is -0.119. The number of amides is 1. The van der Waals surface area contributed by atoms with Crippen LogP contribution in [0.3, 0.4) is 0 Å². The van der Waals surface area contributed by atoms with Gasteiger partial charge in [0.05, 0.1) is 16.6 Å². The number of anilines is 1. The van der Waals surface area contributed by atoms with E-state index in [-0.39, 0.29) is 24.0 Å². The van der Waals surface area contributed by atoms with E-state index in [1.807, 2.05) is 22.6 Å². The lowest BCUT2D eigenvalue weighted by atomic mass is 9.88. The molecule has 0 fully saturated rings. The first-order valence-electron chi connectivity index (χ1n) is 9.77. The largest absolute Gasteiger partial charge is 0.309 e. The highest BCUT2D eigenvalue weighted by Gasteiger charge is 2.42. The van der Waals surface area contributed by atoms with Gasteiger partial charge in [0, 0.05) is 28.0 Å². The molecule has 1 aliphatic heterocycles. The number of fused-ring (bicyclic) bond motifs is 2. The maximum absolute atomic E-state index is 14.3. The Morgan fingerprint density at radius 1 is 1.12 bits per heavy atom. The van der Waals surface area contributed by atoms with E-state index in [9.17, 15) is 18.0 Å². The van der Waals surface area contributed by atoms with E-state index in [0.717, 1.165) is 12.1 Å². The quantitative estimate of drug-likeness (QED) is 0.202. The fourth-order valence-corrected chi connectivity index (χ4v) is 5.19. The Hall–Kier alpha value is -2.73. The van der Waals surface area contributed by atoms with Gasteiger partial charge in [-0.3, -0.25) is 4.79 Å². The monoisotopic (exact) mass is 583 g/mol. The third-order valence-corrected chi connectivity index (χ3v) is 6.68. The third kappa shape index (κ3) is 3.46. The van der Waals surface area contributed by atoms with Crippen LogP contribution in [0.2, 0.25) is 5.02 Å². The van der Waals surface area contributed by atoms with Crippen LogP contribution in [0.1, 0.15) is 30.7 Å². The third-order valence-electron chi connectivity index (χ3n) is 5.67. The predicted molar refractivity (Wildman–Crippen MR) is 125 cm³/mol. The first kappa shape index (κ1) is 22.1. The van der Waals surface area contributed by atoms with Gasteiger partial charge in [-0.05, 0) is 66.8 Å². The lowest BCUT2D eigenvalue weighted by Crippen LogP contribution is -2.27. The van der Waals surface area contributed by atoms with Gasteiger partial charge in [-0.2, -0.15) is 14.8 Å². The second kappa shape index (κ2) is 7.66. The van der Waals surface area contributed by atoms with Crippen LogP contribution in [0.15, 0.2) is 30.3 Å². The van der Waals surface area contributed by atoms with Crippen molar-refractivity contribution in [1.82, 2.24) is 19.7 Å². The molecule has 0 saturated heterocycles. The second-order valence-electron chi connectivity index (χ2n) is 8.14. The second-order valence-corrected chi connectivity index (χ2v) is 9.59. The molecule has 0 aliphatic carbocycles. The van der Waals surface area contributed by atoms with E-state index in [2.05, 4.69) is 20.4 Å². The van der Waals surface area contributed by atoms with Gasteiger partial charge in [-0.1, -0.05) is 11.6 Å². The number of hydrogen-bond donors (Lipinski definition) is 1. The first-order chi connectivity index (χ1) is 15.6. The van der Waals surface area contributed by atoms with Crippen LogP contribution < -0.4 is 5.32 Å². The molecule has 5 rings (SSSR count). The highest BCUT2D eigenvalue weighted by molar-refractivity contribution is 14.1. The van der Waals surface area contributed by atoms with Gasteiger partial charge < -0.3 is 5.32 Å². The highest BCUT2D eigenvalue weighted by atomic mass is 127. The lowest BCUT2D eigenvalue weighted by Gasteiger charge is -2.15. The predicted octanol–water partition coefficient (Wildman–Crippen LogP) is 5.31. The molecule has 11 heteroatoms. The van der Waals surface area contributed by atoms with Crippen molar-refractivity contribution < 1.29 is 18.0 Å². The number of halogens is 5. The van der Waals surface area contributed by atoms with Crippen molar-refractivity contribution in [1.29, 1.82) is 0 Å². The zero-order chi connectivity index (χ0) is 23.7. The molecular formula is C22H14ClF3IN5O. The first-order valence-corrected chi connectivity index (χ1v) is 11.2. The van der Waals surface area contributed by atoms with Crippen molar-refractivity contribution in [2.75, 3.05) is 5.32 Å². The fraction of sp³-hybridized carbons (Fsp3) is 0.182. The van der Waals surface area contributed by atoms with E-state index < -0.39 is 28.4 Å². The number of nitrogens with zero attached hydrogens (tertiary/aromatic N) is 4. The van der Waals surface area contributed by atoms with Gasteiger partial charge in [-0.25, -0.2) is 18.2 Å². The van der Waals surface area contributed by atoms with Crippen molar-refractivity contribution in [3.8, 4) is 5.95 Å². The molecule has 1 aliphatic rings. The Morgan fingerprint density at radius 2 is 1.85 bits per heavy atom. The zero-order valence-corrected chi connectivity index (χ0v) is 20.1. The molecular weight excluding hydrogens is 570 g/mol. The summed E-state index contributed by atoms with van der Waals surface area (Å²) in [5.74, 6) is -2.96. The van der Waals surface area contributed by atoms with Gasteiger partial charge in [0.2, 0.25) is 5.91 Å². The molecule has 2 aromatic carbocycles. The molecule has 0 atom stereocenters. The smallest absolute Gasteiger partial charge is 0.254 e. The summed E-state index contributed by atoms with van der Waals surface area (Å²) < 4.78 is 44.3. The Labute approximate surface area is 204 Å². The maximum atomic E-state index is 14.3. The zero-order valence-electron chi connectivity index (χ0n) is 17.2. The molecule has 0 spiro atoms. The summed E-state index contributed by atoms with van der Waals surface area (Å²) in [7, 11) is 0. The molecule has 6 nitrogen and oxygen atoms in total. The van der Waals surface area contributed by atoms with E-state index >= 15 is 0 Å². The number of carbonyl (C=O) groups excluding carboxylic acids is 1. The molecule has 0 unspecified atom stereocenters. The number of hydrogen-bond acceptors (Lipinski definition) is 4. The number of carbonyl (C=O) groups is 1. The normalized spacial score (nSPS) is 14.6. The van der Waals surface area contributed by atoms with Gasteiger partial charge in [0.25, 0.3) is 5.95 Å². The molecule has 2 aromatic heterocycles. The van der Waals surface area contributed by atoms with Gasteiger partial charge in [0.15, 0.2) is 11.6 Å².